The normalized spacial score (nSPS) is 33.4. The van der Waals surface area contributed by atoms with Crippen molar-refractivity contribution in [3.8, 4) is 0 Å². The monoisotopic (exact) mass is 607 g/mol. The molecular formula is C41H66O3. The van der Waals surface area contributed by atoms with E-state index in [0.717, 1.165) is 57.3 Å². The Morgan fingerprint density at radius 3 is 2.48 bits per heavy atom. The zero-order valence-electron chi connectivity index (χ0n) is 28.0. The molecule has 0 radical (unpaired) electrons. The molecule has 5 aliphatic rings. The topological polar surface area (TPSA) is 35.5 Å². The highest BCUT2D eigenvalue weighted by molar-refractivity contribution is 5.82. The molecule has 2 saturated carbocycles. The fraction of sp³-hybridized carbons (Fsp3) is 0.732. The molecule has 44 heavy (non-hydrogen) atoms. The van der Waals surface area contributed by atoms with Crippen LogP contribution in [0.2, 0.25) is 0 Å². The van der Waals surface area contributed by atoms with Crippen molar-refractivity contribution in [3.63, 3.8) is 0 Å². The third-order valence-electron chi connectivity index (χ3n) is 10.6. The van der Waals surface area contributed by atoms with Crippen LogP contribution in [0.25, 0.3) is 0 Å². The van der Waals surface area contributed by atoms with Crippen LogP contribution in [0, 0.1) is 35.0 Å². The van der Waals surface area contributed by atoms with Gasteiger partial charge in [0.25, 0.3) is 0 Å². The van der Waals surface area contributed by atoms with E-state index < -0.39 is 0 Å². The molecule has 2 bridgehead atoms. The van der Waals surface area contributed by atoms with Gasteiger partial charge in [0.1, 0.15) is 6.10 Å². The number of hydrogen-bond acceptors (Lipinski definition) is 3. The summed E-state index contributed by atoms with van der Waals surface area (Å²) in [5, 5.41) is 0. The predicted octanol–water partition coefficient (Wildman–Crippen LogP) is 11.5. The summed E-state index contributed by atoms with van der Waals surface area (Å²) in [4.78, 5) is 13.3. The van der Waals surface area contributed by atoms with E-state index in [1.165, 1.54) is 56.9 Å². The van der Waals surface area contributed by atoms with E-state index in [1.54, 1.807) is 6.08 Å². The second-order valence-electron chi connectivity index (χ2n) is 14.6. The average molecular weight is 607 g/mol. The lowest BCUT2D eigenvalue weighted by molar-refractivity contribution is -0.147. The number of fused-ring (bicyclic) bond motifs is 2. The first-order valence-corrected chi connectivity index (χ1v) is 18.1. The first kappa shape index (κ1) is 36.6. The largest absolute Gasteiger partial charge is 0.459 e. The van der Waals surface area contributed by atoms with Gasteiger partial charge in [0.05, 0.1) is 12.2 Å². The summed E-state index contributed by atoms with van der Waals surface area (Å²) in [6.07, 6.45) is 36.4. The first-order chi connectivity index (χ1) is 20.9. The molecule has 2 aliphatic heterocycles. The summed E-state index contributed by atoms with van der Waals surface area (Å²) in [7, 11) is 0. The molecule has 0 saturated heterocycles. The number of carbonyl (C=O) groups excluding carboxylic acids is 1. The maximum atomic E-state index is 13.3. The summed E-state index contributed by atoms with van der Waals surface area (Å²) in [6.45, 7) is 13.4. The van der Waals surface area contributed by atoms with E-state index in [9.17, 15) is 4.79 Å². The van der Waals surface area contributed by atoms with Crippen LogP contribution >= 0.6 is 0 Å². The van der Waals surface area contributed by atoms with E-state index in [0.29, 0.717) is 23.7 Å². The van der Waals surface area contributed by atoms with Crippen LogP contribution < -0.4 is 0 Å². The van der Waals surface area contributed by atoms with Crippen LogP contribution in [0.5, 0.6) is 0 Å². The quantitative estimate of drug-likeness (QED) is 0.231. The highest BCUT2D eigenvalue weighted by Gasteiger charge is 2.45. The predicted molar refractivity (Wildman–Crippen MR) is 187 cm³/mol. The number of hydrogen-bond donors (Lipinski definition) is 0. The molecule has 0 aromatic heterocycles. The molecule has 3 nitrogen and oxygen atoms in total. The Balaban J connectivity index is 0.00000173. The highest BCUT2D eigenvalue weighted by atomic mass is 16.5. The number of rotatable bonds is 5. The van der Waals surface area contributed by atoms with Crippen molar-refractivity contribution in [1.82, 2.24) is 0 Å². The van der Waals surface area contributed by atoms with Crippen molar-refractivity contribution >= 4 is 5.97 Å². The fourth-order valence-corrected chi connectivity index (χ4v) is 7.62. The van der Waals surface area contributed by atoms with Crippen LogP contribution in [0.3, 0.4) is 0 Å². The Bertz CT molecular complexity index is 991. The van der Waals surface area contributed by atoms with Crippen molar-refractivity contribution in [3.05, 3.63) is 60.8 Å². The lowest BCUT2D eigenvalue weighted by Gasteiger charge is -2.39. The first-order valence-electron chi connectivity index (χ1n) is 18.1. The zero-order chi connectivity index (χ0) is 30.7. The Morgan fingerprint density at radius 1 is 0.932 bits per heavy atom. The number of cyclic esters (lactones) is 1. The smallest absolute Gasteiger partial charge is 0.330 e. The Kier molecular flexibility index (Phi) is 15.2. The summed E-state index contributed by atoms with van der Waals surface area (Å²) in [5.74, 6) is 2.62. The molecule has 3 aliphatic carbocycles. The van der Waals surface area contributed by atoms with E-state index in [2.05, 4.69) is 56.9 Å². The molecule has 248 valence electrons. The van der Waals surface area contributed by atoms with E-state index >= 15 is 0 Å². The third-order valence-corrected chi connectivity index (χ3v) is 10.6. The maximum Gasteiger partial charge on any atom is 0.330 e. The van der Waals surface area contributed by atoms with Gasteiger partial charge in [-0.25, -0.2) is 4.79 Å². The molecular weight excluding hydrogens is 540 g/mol. The SMILES string of the molecule is C.C=C1CCCC2CC=CC(C/C=C\C(=O)OC(C(/C=C/C3C=CCCCC3)C3CC3)CC(C3CC3)C(C)(C)CC1)O2.CC. The van der Waals surface area contributed by atoms with Crippen LogP contribution in [-0.2, 0) is 14.3 Å². The lowest BCUT2D eigenvalue weighted by Crippen LogP contribution is -2.35. The minimum Gasteiger partial charge on any atom is -0.459 e. The Labute approximate surface area is 271 Å². The molecule has 6 atom stereocenters. The van der Waals surface area contributed by atoms with Crippen LogP contribution in [-0.4, -0.2) is 24.3 Å². The zero-order valence-corrected chi connectivity index (χ0v) is 28.0. The molecule has 0 aromatic rings. The van der Waals surface area contributed by atoms with Gasteiger partial charge in [-0.15, -0.1) is 0 Å². The van der Waals surface area contributed by atoms with Gasteiger partial charge in [0.15, 0.2) is 0 Å². The second-order valence-corrected chi connectivity index (χ2v) is 14.6. The van der Waals surface area contributed by atoms with Gasteiger partial charge in [-0.05, 0) is 125 Å². The van der Waals surface area contributed by atoms with Crippen LogP contribution in [0.1, 0.15) is 138 Å². The molecule has 5 rings (SSSR count). The van der Waals surface area contributed by atoms with Crippen LogP contribution in [0.15, 0.2) is 60.8 Å². The van der Waals surface area contributed by atoms with Gasteiger partial charge in [-0.3, -0.25) is 0 Å². The summed E-state index contributed by atoms with van der Waals surface area (Å²) in [6, 6.07) is 0. The minimum atomic E-state index is -0.179. The Hall–Kier alpha value is -1.87. The summed E-state index contributed by atoms with van der Waals surface area (Å²) in [5.41, 5.74) is 1.58. The van der Waals surface area contributed by atoms with Gasteiger partial charge in [-0.2, -0.15) is 0 Å². The van der Waals surface area contributed by atoms with Gasteiger partial charge < -0.3 is 9.47 Å². The van der Waals surface area contributed by atoms with E-state index in [-0.39, 0.29) is 37.1 Å². The van der Waals surface area contributed by atoms with Crippen molar-refractivity contribution < 1.29 is 14.3 Å². The Morgan fingerprint density at radius 2 is 1.73 bits per heavy atom. The highest BCUT2D eigenvalue weighted by Crippen LogP contribution is 2.52. The van der Waals surface area contributed by atoms with Crippen LogP contribution in [0.4, 0.5) is 0 Å². The number of esters is 1. The van der Waals surface area contributed by atoms with E-state index in [4.69, 9.17) is 9.47 Å². The lowest BCUT2D eigenvalue weighted by atomic mass is 9.68. The van der Waals surface area contributed by atoms with Crippen molar-refractivity contribution in [2.75, 3.05) is 0 Å². The fourth-order valence-electron chi connectivity index (χ4n) is 7.62. The number of ether oxygens (including phenoxy) is 2. The molecule has 0 N–H and O–H groups in total. The maximum absolute atomic E-state index is 13.3. The number of carbonyl (C=O) groups is 1. The van der Waals surface area contributed by atoms with Crippen molar-refractivity contribution in [1.29, 1.82) is 0 Å². The van der Waals surface area contributed by atoms with Gasteiger partial charge in [-0.1, -0.05) is 96.2 Å². The third kappa shape index (κ3) is 11.8. The summed E-state index contributed by atoms with van der Waals surface area (Å²) < 4.78 is 12.8. The molecule has 2 heterocycles. The molecule has 0 amide bonds. The average Bonchev–Trinajstić information content (AvgIpc) is 3.89. The van der Waals surface area contributed by atoms with E-state index in [1.807, 2.05) is 19.9 Å². The summed E-state index contributed by atoms with van der Waals surface area (Å²) >= 11 is 0. The molecule has 0 aromatic carbocycles. The van der Waals surface area contributed by atoms with Gasteiger partial charge in [0, 0.05) is 12.0 Å². The van der Waals surface area contributed by atoms with Gasteiger partial charge >= 0.3 is 5.97 Å². The molecule has 2 fully saturated rings. The van der Waals surface area contributed by atoms with Crippen molar-refractivity contribution in [2.24, 2.45) is 35.0 Å². The molecule has 3 heteroatoms. The van der Waals surface area contributed by atoms with Gasteiger partial charge in [0.2, 0.25) is 0 Å². The standard InChI is InChI=1S/C38H56O3.C2H6.CH4/c1-28-11-8-14-32-15-9-16-33(40-32)17-10-18-37(39)41-36(27-35(31-22-23-31)38(2,3)26-25-28)34(30-20-21-30)24-19-29-12-6-4-5-7-13-29;1-2;/h6,9-10,12,16,18-19,24,29-36H,1,4-5,7-8,11,13-15,17,20-23,25-27H2,2-3H3;1-2H3;1H4/b18-10-,24-19+;;. The van der Waals surface area contributed by atoms with Crippen molar-refractivity contribution in [2.45, 2.75) is 156 Å². The second kappa shape index (κ2) is 18.3. The minimum absolute atomic E-state index is 0. The molecule has 0 spiro atoms. The number of allylic oxidation sites excluding steroid dienone is 4. The molecule has 6 unspecified atom stereocenters.